The lowest BCUT2D eigenvalue weighted by Crippen LogP contribution is -2.35. The van der Waals surface area contributed by atoms with Crippen molar-refractivity contribution in [3.63, 3.8) is 0 Å². The first kappa shape index (κ1) is 15.5. The van der Waals surface area contributed by atoms with E-state index in [9.17, 15) is 4.39 Å². The van der Waals surface area contributed by atoms with Crippen molar-refractivity contribution >= 4 is 0 Å². The van der Waals surface area contributed by atoms with Crippen LogP contribution in [0.5, 0.6) is 0 Å². The van der Waals surface area contributed by atoms with E-state index in [2.05, 4.69) is 24.2 Å². The van der Waals surface area contributed by atoms with E-state index in [1.807, 2.05) is 19.1 Å². The summed E-state index contributed by atoms with van der Waals surface area (Å²) < 4.78 is 13.5. The molecule has 0 saturated carbocycles. The predicted molar refractivity (Wildman–Crippen MR) is 82.4 cm³/mol. The van der Waals surface area contributed by atoms with Crippen molar-refractivity contribution < 1.29 is 4.39 Å². The number of hydrogen-bond acceptors (Lipinski definition) is 2. The van der Waals surface area contributed by atoms with Gasteiger partial charge in [0.2, 0.25) is 0 Å². The first-order valence-electron chi connectivity index (χ1n) is 7.80. The van der Waals surface area contributed by atoms with E-state index in [1.165, 1.54) is 24.8 Å². The van der Waals surface area contributed by atoms with Crippen LogP contribution in [0.2, 0.25) is 0 Å². The minimum absolute atomic E-state index is 0.103. The number of nitrogens with one attached hydrogen (secondary N) is 1. The molecule has 2 nitrogen and oxygen atoms in total. The van der Waals surface area contributed by atoms with Crippen LogP contribution in [-0.2, 0) is 0 Å². The van der Waals surface area contributed by atoms with Crippen LogP contribution in [0.1, 0.15) is 43.4 Å². The van der Waals surface area contributed by atoms with Gasteiger partial charge in [0.05, 0.1) is 0 Å². The zero-order chi connectivity index (χ0) is 14.5. The number of nitrogens with zero attached hydrogens (tertiary/aromatic N) is 1. The summed E-state index contributed by atoms with van der Waals surface area (Å²) in [5.41, 5.74) is 2.01. The Kier molecular flexibility index (Phi) is 5.55. The van der Waals surface area contributed by atoms with Crippen LogP contribution in [0.4, 0.5) is 4.39 Å². The molecule has 2 rings (SSSR count). The maximum atomic E-state index is 13.5. The Morgan fingerprint density at radius 2 is 2.15 bits per heavy atom. The van der Waals surface area contributed by atoms with Gasteiger partial charge in [0.25, 0.3) is 0 Å². The third kappa shape index (κ3) is 3.58. The normalized spacial score (nSPS) is 24.6. The van der Waals surface area contributed by atoms with Gasteiger partial charge < -0.3 is 5.32 Å². The van der Waals surface area contributed by atoms with E-state index in [0.717, 1.165) is 25.2 Å². The molecule has 1 aromatic rings. The van der Waals surface area contributed by atoms with Crippen molar-refractivity contribution in [2.24, 2.45) is 5.92 Å². The van der Waals surface area contributed by atoms with Crippen molar-refractivity contribution in [1.82, 2.24) is 10.2 Å². The van der Waals surface area contributed by atoms with E-state index in [-0.39, 0.29) is 5.82 Å². The Morgan fingerprint density at radius 1 is 1.35 bits per heavy atom. The van der Waals surface area contributed by atoms with Crippen LogP contribution in [-0.4, -0.2) is 31.6 Å². The summed E-state index contributed by atoms with van der Waals surface area (Å²) in [7, 11) is 2.20. The monoisotopic (exact) mass is 278 g/mol. The third-order valence-corrected chi connectivity index (χ3v) is 4.44. The molecule has 0 aromatic heterocycles. The SMILES string of the molecule is CCNCC1CCCCN(C)C1c1ccc(F)c(C)c1. The number of likely N-dealkylation sites (tertiary alicyclic amines) is 1. The molecule has 0 bridgehead atoms. The smallest absolute Gasteiger partial charge is 0.126 e. The highest BCUT2D eigenvalue weighted by molar-refractivity contribution is 5.27. The van der Waals surface area contributed by atoms with Gasteiger partial charge in [-0.25, -0.2) is 4.39 Å². The van der Waals surface area contributed by atoms with Crippen molar-refractivity contribution in [3.05, 3.63) is 35.1 Å². The largest absolute Gasteiger partial charge is 0.317 e. The summed E-state index contributed by atoms with van der Waals surface area (Å²) in [6.45, 7) is 7.19. The van der Waals surface area contributed by atoms with Gasteiger partial charge >= 0.3 is 0 Å². The van der Waals surface area contributed by atoms with Gasteiger partial charge in [0.1, 0.15) is 5.82 Å². The second kappa shape index (κ2) is 7.19. The van der Waals surface area contributed by atoms with Crippen LogP contribution in [0.25, 0.3) is 0 Å². The van der Waals surface area contributed by atoms with Gasteiger partial charge in [0, 0.05) is 6.04 Å². The zero-order valence-electron chi connectivity index (χ0n) is 13.0. The molecule has 1 saturated heterocycles. The number of halogens is 1. The molecule has 0 radical (unpaired) electrons. The van der Waals surface area contributed by atoms with E-state index >= 15 is 0 Å². The van der Waals surface area contributed by atoms with E-state index < -0.39 is 0 Å². The number of aryl methyl sites for hydroxylation is 1. The van der Waals surface area contributed by atoms with E-state index in [1.54, 1.807) is 6.07 Å². The standard InChI is InChI=1S/C17H27FN2/c1-4-19-12-15-7-5-6-10-20(3)17(15)14-8-9-16(18)13(2)11-14/h8-9,11,15,17,19H,4-7,10,12H2,1-3H3. The minimum Gasteiger partial charge on any atom is -0.317 e. The molecule has 0 aliphatic carbocycles. The van der Waals surface area contributed by atoms with Crippen LogP contribution < -0.4 is 5.32 Å². The van der Waals surface area contributed by atoms with Crippen molar-refractivity contribution in [1.29, 1.82) is 0 Å². The highest BCUT2D eigenvalue weighted by Gasteiger charge is 2.28. The van der Waals surface area contributed by atoms with Gasteiger partial charge in [-0.05, 0) is 69.6 Å². The van der Waals surface area contributed by atoms with Gasteiger partial charge in [-0.3, -0.25) is 4.90 Å². The molecule has 20 heavy (non-hydrogen) atoms. The second-order valence-electron chi connectivity index (χ2n) is 6.00. The summed E-state index contributed by atoms with van der Waals surface area (Å²) in [5.74, 6) is 0.501. The molecular weight excluding hydrogens is 251 g/mol. The van der Waals surface area contributed by atoms with Crippen LogP contribution in [0, 0.1) is 18.7 Å². The number of rotatable bonds is 4. The first-order valence-corrected chi connectivity index (χ1v) is 7.80. The van der Waals surface area contributed by atoms with Crippen LogP contribution in [0.3, 0.4) is 0 Å². The molecular formula is C17H27FN2. The Hall–Kier alpha value is -0.930. The topological polar surface area (TPSA) is 15.3 Å². The van der Waals surface area contributed by atoms with Crippen molar-refractivity contribution in [3.8, 4) is 0 Å². The lowest BCUT2D eigenvalue weighted by atomic mass is 9.88. The first-order chi connectivity index (χ1) is 9.63. The molecule has 3 heteroatoms. The van der Waals surface area contributed by atoms with Crippen LogP contribution >= 0.6 is 0 Å². The number of benzene rings is 1. The average Bonchev–Trinajstić information content (AvgIpc) is 2.61. The summed E-state index contributed by atoms with van der Waals surface area (Å²) in [5, 5.41) is 3.49. The molecule has 2 atom stereocenters. The second-order valence-corrected chi connectivity index (χ2v) is 6.00. The van der Waals surface area contributed by atoms with Crippen molar-refractivity contribution in [2.45, 2.75) is 39.2 Å². The van der Waals surface area contributed by atoms with Crippen molar-refractivity contribution in [2.75, 3.05) is 26.7 Å². The highest BCUT2D eigenvalue weighted by Crippen LogP contribution is 2.34. The van der Waals surface area contributed by atoms with Gasteiger partial charge in [0.15, 0.2) is 0 Å². The third-order valence-electron chi connectivity index (χ3n) is 4.44. The van der Waals surface area contributed by atoms with Crippen LogP contribution in [0.15, 0.2) is 18.2 Å². The zero-order valence-corrected chi connectivity index (χ0v) is 13.0. The molecule has 1 aromatic carbocycles. The summed E-state index contributed by atoms with van der Waals surface area (Å²) in [6.07, 6.45) is 3.80. The molecule has 1 N–H and O–H groups in total. The van der Waals surface area contributed by atoms with Gasteiger partial charge in [-0.15, -0.1) is 0 Å². The quantitative estimate of drug-likeness (QED) is 0.906. The lowest BCUT2D eigenvalue weighted by Gasteiger charge is -2.33. The summed E-state index contributed by atoms with van der Waals surface area (Å²) >= 11 is 0. The Morgan fingerprint density at radius 3 is 2.85 bits per heavy atom. The Balaban J connectivity index is 2.26. The lowest BCUT2D eigenvalue weighted by molar-refractivity contribution is 0.189. The predicted octanol–water partition coefficient (Wildman–Crippen LogP) is 3.52. The fraction of sp³-hybridized carbons (Fsp3) is 0.647. The molecule has 0 spiro atoms. The van der Waals surface area contributed by atoms with Gasteiger partial charge in [-0.2, -0.15) is 0 Å². The molecule has 1 aliphatic rings. The molecule has 1 heterocycles. The van der Waals surface area contributed by atoms with Gasteiger partial charge in [-0.1, -0.05) is 25.5 Å². The average molecular weight is 278 g/mol. The molecule has 0 amide bonds. The summed E-state index contributed by atoms with van der Waals surface area (Å²) in [4.78, 5) is 2.45. The molecule has 1 aliphatic heterocycles. The number of hydrogen-bond donors (Lipinski definition) is 1. The highest BCUT2D eigenvalue weighted by atomic mass is 19.1. The Labute approximate surface area is 122 Å². The minimum atomic E-state index is -0.103. The summed E-state index contributed by atoms with van der Waals surface area (Å²) in [6, 6.07) is 6.01. The fourth-order valence-corrected chi connectivity index (χ4v) is 3.35. The maximum Gasteiger partial charge on any atom is 0.126 e. The molecule has 112 valence electrons. The van der Waals surface area contributed by atoms with E-state index in [0.29, 0.717) is 12.0 Å². The molecule has 1 fully saturated rings. The maximum absolute atomic E-state index is 13.5. The fourth-order valence-electron chi connectivity index (χ4n) is 3.35. The molecule has 2 unspecified atom stereocenters. The van der Waals surface area contributed by atoms with E-state index in [4.69, 9.17) is 0 Å². The Bertz CT molecular complexity index is 433.